The van der Waals surface area contributed by atoms with E-state index in [4.69, 9.17) is 4.74 Å². The SMILES string of the molecule is COc1ccc(/C=C/C(=O)NCCS)cc1. The van der Waals surface area contributed by atoms with E-state index in [1.165, 1.54) is 6.08 Å². The fourth-order valence-corrected chi connectivity index (χ4v) is 1.24. The summed E-state index contributed by atoms with van der Waals surface area (Å²) in [5.74, 6) is 1.34. The van der Waals surface area contributed by atoms with E-state index in [0.29, 0.717) is 12.3 Å². The monoisotopic (exact) mass is 237 g/mol. The largest absolute Gasteiger partial charge is 0.497 e. The zero-order valence-electron chi connectivity index (χ0n) is 9.14. The molecule has 1 N–H and O–H groups in total. The first kappa shape index (κ1) is 12.6. The van der Waals surface area contributed by atoms with Gasteiger partial charge in [0, 0.05) is 18.4 Å². The van der Waals surface area contributed by atoms with E-state index < -0.39 is 0 Å². The number of methoxy groups -OCH3 is 1. The van der Waals surface area contributed by atoms with Crippen molar-refractivity contribution in [1.29, 1.82) is 0 Å². The van der Waals surface area contributed by atoms with Gasteiger partial charge in [-0.05, 0) is 23.8 Å². The van der Waals surface area contributed by atoms with E-state index in [0.717, 1.165) is 11.3 Å². The first-order valence-corrected chi connectivity index (χ1v) is 5.60. The Morgan fingerprint density at radius 3 is 2.69 bits per heavy atom. The van der Waals surface area contributed by atoms with Crippen molar-refractivity contribution in [1.82, 2.24) is 5.32 Å². The molecule has 0 aliphatic carbocycles. The zero-order valence-corrected chi connectivity index (χ0v) is 10.0. The molecule has 0 unspecified atom stereocenters. The number of nitrogens with one attached hydrogen (secondary N) is 1. The molecule has 0 radical (unpaired) electrons. The summed E-state index contributed by atoms with van der Waals surface area (Å²) in [5.41, 5.74) is 0.960. The van der Waals surface area contributed by atoms with Crippen LogP contribution >= 0.6 is 12.6 Å². The van der Waals surface area contributed by atoms with E-state index in [2.05, 4.69) is 17.9 Å². The summed E-state index contributed by atoms with van der Waals surface area (Å²) < 4.78 is 5.04. The molecule has 0 saturated carbocycles. The third-order valence-corrected chi connectivity index (χ3v) is 2.18. The van der Waals surface area contributed by atoms with E-state index in [1.54, 1.807) is 13.2 Å². The van der Waals surface area contributed by atoms with Crippen LogP contribution in [0, 0.1) is 0 Å². The minimum absolute atomic E-state index is 0.107. The zero-order chi connectivity index (χ0) is 11.8. The lowest BCUT2D eigenvalue weighted by Gasteiger charge is -1.99. The van der Waals surface area contributed by atoms with Crippen LogP contribution in [0.25, 0.3) is 6.08 Å². The van der Waals surface area contributed by atoms with Crippen LogP contribution < -0.4 is 10.1 Å². The number of amides is 1. The number of carbonyl (C=O) groups excluding carboxylic acids is 1. The van der Waals surface area contributed by atoms with Gasteiger partial charge in [0.2, 0.25) is 5.91 Å². The lowest BCUT2D eigenvalue weighted by molar-refractivity contribution is -0.116. The topological polar surface area (TPSA) is 38.3 Å². The molecule has 1 aromatic carbocycles. The van der Waals surface area contributed by atoms with Gasteiger partial charge in [0.05, 0.1) is 7.11 Å². The summed E-state index contributed by atoms with van der Waals surface area (Å²) in [4.78, 5) is 11.2. The maximum Gasteiger partial charge on any atom is 0.244 e. The van der Waals surface area contributed by atoms with Crippen LogP contribution in [0.1, 0.15) is 5.56 Å². The van der Waals surface area contributed by atoms with E-state index >= 15 is 0 Å². The van der Waals surface area contributed by atoms with E-state index in [-0.39, 0.29) is 5.91 Å². The normalized spacial score (nSPS) is 10.4. The molecule has 4 heteroatoms. The molecule has 0 aliphatic rings. The van der Waals surface area contributed by atoms with Crippen molar-refractivity contribution in [3.63, 3.8) is 0 Å². The number of hydrogen-bond donors (Lipinski definition) is 2. The molecule has 86 valence electrons. The lowest BCUT2D eigenvalue weighted by Crippen LogP contribution is -2.22. The molecule has 0 aromatic heterocycles. The van der Waals surface area contributed by atoms with Crippen molar-refractivity contribution < 1.29 is 9.53 Å². The summed E-state index contributed by atoms with van der Waals surface area (Å²) in [5, 5.41) is 2.70. The Kier molecular flexibility index (Phi) is 5.50. The number of ether oxygens (including phenoxy) is 1. The van der Waals surface area contributed by atoms with Crippen LogP contribution in [0.15, 0.2) is 30.3 Å². The summed E-state index contributed by atoms with van der Waals surface area (Å²) in [6.07, 6.45) is 3.26. The fourth-order valence-electron chi connectivity index (χ4n) is 1.12. The Bertz CT molecular complexity index is 360. The first-order valence-electron chi connectivity index (χ1n) is 4.97. The number of carbonyl (C=O) groups is 1. The third-order valence-electron chi connectivity index (χ3n) is 1.95. The Hall–Kier alpha value is -1.42. The molecule has 0 saturated heterocycles. The quantitative estimate of drug-likeness (QED) is 0.605. The number of rotatable bonds is 5. The van der Waals surface area contributed by atoms with Gasteiger partial charge in [0.1, 0.15) is 5.75 Å². The van der Waals surface area contributed by atoms with E-state index in [9.17, 15) is 4.79 Å². The van der Waals surface area contributed by atoms with Crippen molar-refractivity contribution in [3.05, 3.63) is 35.9 Å². The molecule has 0 heterocycles. The van der Waals surface area contributed by atoms with Gasteiger partial charge >= 0.3 is 0 Å². The van der Waals surface area contributed by atoms with Crippen molar-refractivity contribution in [2.75, 3.05) is 19.4 Å². The highest BCUT2D eigenvalue weighted by Gasteiger charge is 1.94. The minimum atomic E-state index is -0.107. The third kappa shape index (κ3) is 4.40. The molecule has 0 aliphatic heterocycles. The standard InChI is InChI=1S/C12H15NO2S/c1-15-11-5-2-10(3-6-11)4-7-12(14)13-8-9-16/h2-7,16H,8-9H2,1H3,(H,13,14)/b7-4+. The van der Waals surface area contributed by atoms with Gasteiger partial charge in [0.15, 0.2) is 0 Å². The summed E-state index contributed by atoms with van der Waals surface area (Å²) in [6.45, 7) is 0.578. The average Bonchev–Trinajstić information content (AvgIpc) is 2.34. The Morgan fingerprint density at radius 2 is 2.12 bits per heavy atom. The maximum absolute atomic E-state index is 11.2. The molecule has 0 bridgehead atoms. The van der Waals surface area contributed by atoms with Crippen molar-refractivity contribution in [2.24, 2.45) is 0 Å². The molecule has 16 heavy (non-hydrogen) atoms. The number of benzene rings is 1. The summed E-state index contributed by atoms with van der Waals surface area (Å²) >= 11 is 4.00. The molecular weight excluding hydrogens is 222 g/mol. The van der Waals surface area contributed by atoms with Crippen molar-refractivity contribution >= 4 is 24.6 Å². The second-order valence-corrected chi connectivity index (χ2v) is 3.57. The predicted octanol–water partition coefficient (Wildman–Crippen LogP) is 1.75. The maximum atomic E-state index is 11.2. The van der Waals surface area contributed by atoms with Crippen LogP contribution in [0.2, 0.25) is 0 Å². The highest BCUT2D eigenvalue weighted by molar-refractivity contribution is 7.80. The van der Waals surface area contributed by atoms with Crippen LogP contribution in [0.4, 0.5) is 0 Å². The number of hydrogen-bond acceptors (Lipinski definition) is 3. The van der Waals surface area contributed by atoms with Crippen molar-refractivity contribution in [2.45, 2.75) is 0 Å². The Labute approximate surface area is 101 Å². The van der Waals surface area contributed by atoms with Crippen LogP contribution in [0.3, 0.4) is 0 Å². The van der Waals surface area contributed by atoms with E-state index in [1.807, 2.05) is 24.3 Å². The summed E-state index contributed by atoms with van der Waals surface area (Å²) in [6, 6.07) is 7.49. The Morgan fingerprint density at radius 1 is 1.44 bits per heavy atom. The molecule has 3 nitrogen and oxygen atoms in total. The van der Waals surface area contributed by atoms with Gasteiger partial charge in [-0.15, -0.1) is 0 Å². The molecular formula is C12H15NO2S. The lowest BCUT2D eigenvalue weighted by atomic mass is 10.2. The molecule has 0 fully saturated rings. The van der Waals surface area contributed by atoms with Gasteiger partial charge in [-0.25, -0.2) is 0 Å². The first-order chi connectivity index (χ1) is 7.76. The van der Waals surface area contributed by atoms with Crippen LogP contribution in [0.5, 0.6) is 5.75 Å². The highest BCUT2D eigenvalue weighted by Crippen LogP contribution is 2.11. The number of thiol groups is 1. The van der Waals surface area contributed by atoms with Gasteiger partial charge < -0.3 is 10.1 Å². The molecule has 1 aromatic rings. The molecule has 1 amide bonds. The van der Waals surface area contributed by atoms with Crippen molar-refractivity contribution in [3.8, 4) is 5.75 Å². The van der Waals surface area contributed by atoms with Gasteiger partial charge in [-0.3, -0.25) is 4.79 Å². The minimum Gasteiger partial charge on any atom is -0.497 e. The Balaban J connectivity index is 2.52. The molecule has 1 rings (SSSR count). The van der Waals surface area contributed by atoms with Crippen LogP contribution in [-0.2, 0) is 4.79 Å². The van der Waals surface area contributed by atoms with Crippen LogP contribution in [-0.4, -0.2) is 25.3 Å². The molecule has 0 atom stereocenters. The second kappa shape index (κ2) is 6.95. The van der Waals surface area contributed by atoms with Gasteiger partial charge in [-0.2, -0.15) is 12.6 Å². The smallest absolute Gasteiger partial charge is 0.244 e. The average molecular weight is 237 g/mol. The highest BCUT2D eigenvalue weighted by atomic mass is 32.1. The van der Waals surface area contributed by atoms with Gasteiger partial charge in [-0.1, -0.05) is 12.1 Å². The summed E-state index contributed by atoms with van der Waals surface area (Å²) in [7, 11) is 1.62. The predicted molar refractivity (Wildman–Crippen MR) is 68.9 cm³/mol. The molecule has 0 spiro atoms. The second-order valence-electron chi connectivity index (χ2n) is 3.12. The van der Waals surface area contributed by atoms with Gasteiger partial charge in [0.25, 0.3) is 0 Å². The fraction of sp³-hybridized carbons (Fsp3) is 0.250.